The summed E-state index contributed by atoms with van der Waals surface area (Å²) in [5.41, 5.74) is 0.195. The van der Waals surface area contributed by atoms with Crippen LogP contribution in [-0.2, 0) is 17.8 Å². The number of benzene rings is 1. The maximum Gasteiger partial charge on any atom is 0.278 e. The molecule has 0 fully saturated rings. The van der Waals surface area contributed by atoms with Gasteiger partial charge in [-0.1, -0.05) is 35.0 Å². The predicted octanol–water partition coefficient (Wildman–Crippen LogP) is 2.43. The summed E-state index contributed by atoms with van der Waals surface area (Å²) in [6.07, 6.45) is 3.31. The van der Waals surface area contributed by atoms with Crippen molar-refractivity contribution in [3.63, 3.8) is 0 Å². The van der Waals surface area contributed by atoms with Crippen molar-refractivity contribution in [2.24, 2.45) is 0 Å². The predicted molar refractivity (Wildman–Crippen MR) is 112 cm³/mol. The highest BCUT2D eigenvalue weighted by molar-refractivity contribution is 7.13. The molecule has 9 nitrogen and oxygen atoms in total. The summed E-state index contributed by atoms with van der Waals surface area (Å²) < 4.78 is 6.35. The number of nitrogens with one attached hydrogen (secondary N) is 1. The zero-order valence-corrected chi connectivity index (χ0v) is 17.0. The number of thiophene rings is 1. The molecule has 1 aromatic carbocycles. The molecule has 4 aromatic rings. The number of aromatic nitrogens is 5. The van der Waals surface area contributed by atoms with E-state index in [1.165, 1.54) is 0 Å². The third kappa shape index (κ3) is 4.77. The van der Waals surface area contributed by atoms with Crippen LogP contribution in [0.15, 0.2) is 51.1 Å². The van der Waals surface area contributed by atoms with Crippen LogP contribution >= 0.6 is 11.3 Å². The molecule has 3 heterocycles. The molecule has 0 unspecified atom stereocenters. The number of rotatable bonds is 9. The highest BCUT2D eigenvalue weighted by atomic mass is 32.1. The normalized spacial score (nSPS) is 11.1. The number of hydrogen-bond acceptors (Lipinski definition) is 8. The van der Waals surface area contributed by atoms with Crippen molar-refractivity contribution in [1.82, 2.24) is 30.5 Å². The zero-order valence-electron chi connectivity index (χ0n) is 16.2. The molecule has 3 aromatic heterocycles. The molecule has 0 saturated carbocycles. The topological polar surface area (TPSA) is 116 Å². The molecule has 0 atom stereocenters. The minimum atomic E-state index is -0.322. The highest BCUT2D eigenvalue weighted by Gasteiger charge is 2.10. The molecule has 0 spiro atoms. The Balaban J connectivity index is 1.17. The fraction of sp³-hybridized carbons (Fsp3) is 0.300. The minimum absolute atomic E-state index is 0.149. The number of aryl methyl sites for hydroxylation is 1. The second-order valence-electron chi connectivity index (χ2n) is 6.72. The summed E-state index contributed by atoms with van der Waals surface area (Å²) in [7, 11) is 0. The first-order chi connectivity index (χ1) is 14.7. The molecule has 154 valence electrons. The molecule has 0 saturated heterocycles. The van der Waals surface area contributed by atoms with Crippen molar-refractivity contribution >= 4 is 28.1 Å². The van der Waals surface area contributed by atoms with Gasteiger partial charge in [-0.2, -0.15) is 4.98 Å². The lowest BCUT2D eigenvalue weighted by atomic mass is 10.2. The Morgan fingerprint density at radius 1 is 1.13 bits per heavy atom. The van der Waals surface area contributed by atoms with Crippen molar-refractivity contribution in [3.05, 3.63) is 58.0 Å². The van der Waals surface area contributed by atoms with Crippen LogP contribution in [0, 0.1) is 0 Å². The fourth-order valence-corrected chi connectivity index (χ4v) is 3.64. The van der Waals surface area contributed by atoms with Gasteiger partial charge >= 0.3 is 0 Å². The average Bonchev–Trinajstić information content (AvgIpc) is 3.45. The Hall–Kier alpha value is -3.40. The zero-order chi connectivity index (χ0) is 20.8. The summed E-state index contributed by atoms with van der Waals surface area (Å²) >= 11 is 1.57. The third-order valence-corrected chi connectivity index (χ3v) is 5.39. The summed E-state index contributed by atoms with van der Waals surface area (Å²) in [4.78, 5) is 29.8. The summed E-state index contributed by atoms with van der Waals surface area (Å²) in [6, 6.07) is 10.8. The van der Waals surface area contributed by atoms with Gasteiger partial charge in [0.05, 0.1) is 10.3 Å². The van der Waals surface area contributed by atoms with Gasteiger partial charge in [-0.05, 0) is 36.4 Å². The minimum Gasteiger partial charge on any atom is -0.354 e. The molecule has 1 amide bonds. The SMILES string of the molecule is O=C(Cn1nnc2ccccc2c1=O)NCCCCCc1nc(-c2cccs2)no1. The first-order valence-electron chi connectivity index (χ1n) is 9.66. The maximum atomic E-state index is 12.4. The standard InChI is InChI=1S/C20H20N6O3S/c27-17(13-26-20(28)14-7-3-4-8-15(14)23-25-26)21-11-5-1-2-10-18-22-19(24-29-18)16-9-6-12-30-16/h3-4,6-9,12H,1-2,5,10-11,13H2,(H,21,27). The number of carbonyl (C=O) groups is 1. The van der Waals surface area contributed by atoms with Crippen LogP contribution in [0.3, 0.4) is 0 Å². The Labute approximate surface area is 175 Å². The van der Waals surface area contributed by atoms with E-state index in [0.717, 1.165) is 28.8 Å². The largest absolute Gasteiger partial charge is 0.354 e. The quantitative estimate of drug-likeness (QED) is 0.410. The molecule has 0 bridgehead atoms. The van der Waals surface area contributed by atoms with E-state index in [2.05, 4.69) is 25.8 Å². The van der Waals surface area contributed by atoms with Gasteiger partial charge in [0.2, 0.25) is 17.6 Å². The molecule has 0 radical (unpaired) electrons. The van der Waals surface area contributed by atoms with Gasteiger partial charge in [-0.25, -0.2) is 4.68 Å². The monoisotopic (exact) mass is 424 g/mol. The van der Waals surface area contributed by atoms with E-state index in [1.807, 2.05) is 17.5 Å². The second-order valence-corrected chi connectivity index (χ2v) is 7.67. The van der Waals surface area contributed by atoms with Crippen LogP contribution in [0.5, 0.6) is 0 Å². The lowest BCUT2D eigenvalue weighted by Crippen LogP contribution is -2.34. The van der Waals surface area contributed by atoms with Gasteiger partial charge in [0.15, 0.2) is 0 Å². The van der Waals surface area contributed by atoms with Gasteiger partial charge in [-0.3, -0.25) is 9.59 Å². The van der Waals surface area contributed by atoms with Crippen LogP contribution in [0.1, 0.15) is 25.2 Å². The Bertz CT molecular complexity index is 1180. The Morgan fingerprint density at radius 3 is 2.90 bits per heavy atom. The van der Waals surface area contributed by atoms with Crippen molar-refractivity contribution in [2.45, 2.75) is 32.2 Å². The molecule has 0 aliphatic heterocycles. The number of hydrogen-bond donors (Lipinski definition) is 1. The van der Waals surface area contributed by atoms with Gasteiger partial charge in [0.1, 0.15) is 12.1 Å². The van der Waals surface area contributed by atoms with Gasteiger partial charge in [0, 0.05) is 13.0 Å². The van der Waals surface area contributed by atoms with Gasteiger partial charge in [-0.15, -0.1) is 16.4 Å². The van der Waals surface area contributed by atoms with Crippen LogP contribution < -0.4 is 10.9 Å². The van der Waals surface area contributed by atoms with Crippen LogP contribution in [0.25, 0.3) is 21.6 Å². The van der Waals surface area contributed by atoms with E-state index in [-0.39, 0.29) is 18.0 Å². The molecule has 1 N–H and O–H groups in total. The van der Waals surface area contributed by atoms with E-state index >= 15 is 0 Å². The van der Waals surface area contributed by atoms with Crippen LogP contribution in [0.2, 0.25) is 0 Å². The smallest absolute Gasteiger partial charge is 0.278 e. The number of nitrogens with zero attached hydrogens (tertiary/aromatic N) is 5. The van der Waals surface area contributed by atoms with Gasteiger partial charge < -0.3 is 9.84 Å². The van der Waals surface area contributed by atoms with Crippen molar-refractivity contribution in [2.75, 3.05) is 6.54 Å². The molecule has 0 aliphatic carbocycles. The maximum absolute atomic E-state index is 12.4. The average molecular weight is 424 g/mol. The molecule has 0 aliphatic rings. The van der Waals surface area contributed by atoms with E-state index < -0.39 is 0 Å². The van der Waals surface area contributed by atoms with Gasteiger partial charge in [0.25, 0.3) is 5.56 Å². The number of unbranched alkanes of at least 4 members (excludes halogenated alkanes) is 2. The van der Waals surface area contributed by atoms with E-state index in [0.29, 0.717) is 35.6 Å². The van der Waals surface area contributed by atoms with E-state index in [4.69, 9.17) is 4.52 Å². The van der Waals surface area contributed by atoms with Crippen molar-refractivity contribution in [3.8, 4) is 10.7 Å². The highest BCUT2D eigenvalue weighted by Crippen LogP contribution is 2.21. The lowest BCUT2D eigenvalue weighted by Gasteiger charge is -2.06. The second kappa shape index (κ2) is 9.40. The molecule has 30 heavy (non-hydrogen) atoms. The molecular formula is C20H20N6O3S. The van der Waals surface area contributed by atoms with E-state index in [1.54, 1.807) is 35.6 Å². The van der Waals surface area contributed by atoms with Crippen LogP contribution in [0.4, 0.5) is 0 Å². The number of fused-ring (bicyclic) bond motifs is 1. The third-order valence-electron chi connectivity index (χ3n) is 4.52. The Kier molecular flexibility index (Phi) is 6.23. The summed E-state index contributed by atoms with van der Waals surface area (Å²) in [6.45, 7) is 0.378. The lowest BCUT2D eigenvalue weighted by molar-refractivity contribution is -0.121. The molecule has 4 rings (SSSR count). The first kappa shape index (κ1) is 19.9. The molecule has 10 heteroatoms. The summed E-state index contributed by atoms with van der Waals surface area (Å²) in [5, 5.41) is 17.0. The number of amides is 1. The van der Waals surface area contributed by atoms with Crippen LogP contribution in [-0.4, -0.2) is 37.6 Å². The fourth-order valence-electron chi connectivity index (χ4n) is 2.99. The van der Waals surface area contributed by atoms with Crippen molar-refractivity contribution in [1.29, 1.82) is 0 Å². The number of carbonyl (C=O) groups excluding carboxylic acids is 1. The van der Waals surface area contributed by atoms with E-state index in [9.17, 15) is 9.59 Å². The Morgan fingerprint density at radius 2 is 2.03 bits per heavy atom. The summed E-state index contributed by atoms with van der Waals surface area (Å²) in [5.74, 6) is 0.982. The first-order valence-corrected chi connectivity index (χ1v) is 10.5. The molecular weight excluding hydrogens is 404 g/mol. The van der Waals surface area contributed by atoms with Crippen molar-refractivity contribution < 1.29 is 9.32 Å².